The van der Waals surface area contributed by atoms with Gasteiger partial charge in [0.2, 0.25) is 0 Å². The van der Waals surface area contributed by atoms with Crippen LogP contribution in [0.15, 0.2) is 26.6 Å². The van der Waals surface area contributed by atoms with Crippen LogP contribution < -0.4 is 21.5 Å². The summed E-state index contributed by atoms with van der Waals surface area (Å²) in [6, 6.07) is 2.85. The third-order valence-corrected chi connectivity index (χ3v) is 6.29. The topological polar surface area (TPSA) is 113 Å². The molecule has 0 spiro atoms. The summed E-state index contributed by atoms with van der Waals surface area (Å²) in [6.45, 7) is 0. The maximum Gasteiger partial charge on any atom is 0.253 e. The van der Waals surface area contributed by atoms with Gasteiger partial charge >= 0.3 is 0 Å². The molecule has 0 aromatic heterocycles. The first-order valence-corrected chi connectivity index (χ1v) is 9.96. The Morgan fingerprint density at radius 2 is 1.62 bits per heavy atom. The second-order valence-electron chi connectivity index (χ2n) is 6.93. The minimum atomic E-state index is -3.12. The van der Waals surface area contributed by atoms with E-state index in [1.165, 1.54) is 12.1 Å². The van der Waals surface area contributed by atoms with Crippen LogP contribution in [0.1, 0.15) is 25.7 Å². The van der Waals surface area contributed by atoms with Gasteiger partial charge in [-0.3, -0.25) is 9.59 Å². The molecule has 0 heterocycles. The average molecular weight is 397 g/mol. The van der Waals surface area contributed by atoms with Crippen molar-refractivity contribution in [2.75, 3.05) is 10.6 Å². The summed E-state index contributed by atoms with van der Waals surface area (Å²) in [5, 5.41) is 15.9. The summed E-state index contributed by atoms with van der Waals surface area (Å²) in [5.74, 6) is 0.480. The number of halogens is 1. The van der Waals surface area contributed by atoms with Gasteiger partial charge in [0.05, 0.1) is 10.7 Å². The smallest absolute Gasteiger partial charge is 0.253 e. The molecule has 2 saturated carbocycles. The highest BCUT2D eigenvalue weighted by molar-refractivity contribution is 7.72. The molecule has 9 heteroatoms. The standard InChI is InChI=1S/C17H17ClN2O5S/c18-9-5-6-10(14(21)17(9)26(24)25)19-12-13(16(23)15(12)22)20-11(7-1-2-7)8-3-4-8/h5-8,11,19-21,26H,1-4H2. The summed E-state index contributed by atoms with van der Waals surface area (Å²) in [5.41, 5.74) is -1.03. The number of phenolic OH excluding ortho intramolecular Hbond substituents is 1. The summed E-state index contributed by atoms with van der Waals surface area (Å²) < 4.78 is 22.5. The van der Waals surface area contributed by atoms with Gasteiger partial charge in [0.1, 0.15) is 16.3 Å². The first kappa shape index (κ1) is 17.4. The van der Waals surface area contributed by atoms with Crippen LogP contribution in [0.25, 0.3) is 0 Å². The van der Waals surface area contributed by atoms with Crippen LogP contribution in [-0.4, -0.2) is 19.6 Å². The van der Waals surface area contributed by atoms with E-state index in [2.05, 4.69) is 10.6 Å². The van der Waals surface area contributed by atoms with Gasteiger partial charge < -0.3 is 15.7 Å². The zero-order valence-corrected chi connectivity index (χ0v) is 15.3. The molecule has 4 rings (SSSR count). The molecule has 7 nitrogen and oxygen atoms in total. The van der Waals surface area contributed by atoms with E-state index < -0.39 is 32.2 Å². The quantitative estimate of drug-likeness (QED) is 0.321. The van der Waals surface area contributed by atoms with Gasteiger partial charge in [-0.15, -0.1) is 0 Å². The van der Waals surface area contributed by atoms with Crippen molar-refractivity contribution in [3.8, 4) is 5.75 Å². The van der Waals surface area contributed by atoms with Crippen molar-refractivity contribution in [3.63, 3.8) is 0 Å². The van der Waals surface area contributed by atoms with Gasteiger partial charge in [0.15, 0.2) is 16.5 Å². The molecule has 2 aliphatic rings. The van der Waals surface area contributed by atoms with Crippen LogP contribution in [0.3, 0.4) is 0 Å². The van der Waals surface area contributed by atoms with Gasteiger partial charge in [-0.2, -0.15) is 0 Å². The van der Waals surface area contributed by atoms with E-state index in [9.17, 15) is 23.1 Å². The monoisotopic (exact) mass is 396 g/mol. The SMILES string of the molecule is O=c1c(Nc2ccc(Cl)c([SH](=O)=O)c2O)c(NC(C2CC2)C2CC2)c1=O. The molecule has 0 amide bonds. The number of thiol groups is 1. The van der Waals surface area contributed by atoms with Gasteiger partial charge in [-0.1, -0.05) is 11.6 Å². The zero-order chi connectivity index (χ0) is 18.6. The normalized spacial score (nSPS) is 17.2. The zero-order valence-electron chi connectivity index (χ0n) is 13.6. The van der Waals surface area contributed by atoms with E-state index in [1.54, 1.807) is 0 Å². The third kappa shape index (κ3) is 2.97. The molecule has 0 unspecified atom stereocenters. The number of rotatable bonds is 7. The number of benzene rings is 1. The maximum absolute atomic E-state index is 12.0. The number of hydrogen-bond acceptors (Lipinski definition) is 7. The summed E-state index contributed by atoms with van der Waals surface area (Å²) in [7, 11) is -3.12. The largest absolute Gasteiger partial charge is 0.504 e. The van der Waals surface area contributed by atoms with Crippen molar-refractivity contribution in [2.45, 2.75) is 36.6 Å². The molecule has 2 fully saturated rings. The van der Waals surface area contributed by atoms with E-state index in [1.807, 2.05) is 0 Å². The number of hydrogen-bond donors (Lipinski definition) is 4. The molecule has 26 heavy (non-hydrogen) atoms. The number of phenols is 1. The van der Waals surface area contributed by atoms with Crippen molar-refractivity contribution in [1.82, 2.24) is 0 Å². The molecule has 2 aromatic carbocycles. The van der Waals surface area contributed by atoms with Crippen molar-refractivity contribution in [3.05, 3.63) is 37.6 Å². The molecule has 0 radical (unpaired) electrons. The van der Waals surface area contributed by atoms with Gasteiger partial charge in [0.25, 0.3) is 10.9 Å². The Morgan fingerprint density at radius 1 is 1.04 bits per heavy atom. The summed E-state index contributed by atoms with van der Waals surface area (Å²) in [4.78, 5) is 23.6. The van der Waals surface area contributed by atoms with Crippen LogP contribution in [0.2, 0.25) is 5.02 Å². The lowest BCUT2D eigenvalue weighted by atomic mass is 10.1. The molecular weight excluding hydrogens is 380 g/mol. The van der Waals surface area contributed by atoms with E-state index in [-0.39, 0.29) is 28.1 Å². The lowest BCUT2D eigenvalue weighted by Crippen LogP contribution is -2.40. The Morgan fingerprint density at radius 3 is 2.15 bits per heavy atom. The summed E-state index contributed by atoms with van der Waals surface area (Å²) in [6.07, 6.45) is 4.46. The third-order valence-electron chi connectivity index (χ3n) is 5.03. The predicted octanol–water partition coefficient (Wildman–Crippen LogP) is 1.96. The van der Waals surface area contributed by atoms with Crippen LogP contribution >= 0.6 is 11.6 Å². The fourth-order valence-corrected chi connectivity index (χ4v) is 4.21. The second kappa shape index (κ2) is 6.28. The van der Waals surface area contributed by atoms with Crippen molar-refractivity contribution >= 4 is 39.4 Å². The first-order valence-electron chi connectivity index (χ1n) is 8.41. The Kier molecular flexibility index (Phi) is 4.19. The molecule has 0 aliphatic heterocycles. The maximum atomic E-state index is 12.0. The predicted molar refractivity (Wildman–Crippen MR) is 99.2 cm³/mol. The molecule has 0 atom stereocenters. The molecule has 0 saturated heterocycles. The lowest BCUT2D eigenvalue weighted by molar-refractivity contribution is 0.462. The van der Waals surface area contributed by atoms with E-state index in [0.717, 1.165) is 25.7 Å². The van der Waals surface area contributed by atoms with Crippen molar-refractivity contribution in [1.29, 1.82) is 0 Å². The molecule has 2 aliphatic carbocycles. The minimum absolute atomic E-state index is 0.00754. The van der Waals surface area contributed by atoms with Gasteiger partial charge in [-0.25, -0.2) is 8.42 Å². The number of anilines is 3. The van der Waals surface area contributed by atoms with Gasteiger partial charge in [-0.05, 0) is 49.7 Å². The Bertz CT molecular complexity index is 1010. The number of aromatic hydroxyl groups is 1. The van der Waals surface area contributed by atoms with Gasteiger partial charge in [0, 0.05) is 6.04 Å². The number of nitrogens with one attached hydrogen (secondary N) is 2. The first-order chi connectivity index (χ1) is 12.4. The molecule has 138 valence electrons. The van der Waals surface area contributed by atoms with Crippen LogP contribution in [0.5, 0.6) is 5.75 Å². The van der Waals surface area contributed by atoms with E-state index in [0.29, 0.717) is 11.8 Å². The highest BCUT2D eigenvalue weighted by Gasteiger charge is 2.42. The highest BCUT2D eigenvalue weighted by Crippen LogP contribution is 2.46. The Hall–Kier alpha value is -2.06. The molecule has 0 bridgehead atoms. The molecular formula is C17H17ClN2O5S. The fourth-order valence-electron chi connectivity index (χ4n) is 3.31. The Balaban J connectivity index is 1.64. The van der Waals surface area contributed by atoms with Crippen LogP contribution in [-0.2, 0) is 10.7 Å². The fraction of sp³-hybridized carbons (Fsp3) is 0.412. The summed E-state index contributed by atoms with van der Waals surface area (Å²) >= 11 is 5.80. The molecule has 2 aromatic rings. The second-order valence-corrected chi connectivity index (χ2v) is 8.30. The van der Waals surface area contributed by atoms with Crippen LogP contribution in [0.4, 0.5) is 17.1 Å². The van der Waals surface area contributed by atoms with Crippen molar-refractivity contribution < 1.29 is 13.5 Å². The van der Waals surface area contributed by atoms with Crippen LogP contribution in [0, 0.1) is 11.8 Å². The average Bonchev–Trinajstić information content (AvgIpc) is 3.48. The van der Waals surface area contributed by atoms with E-state index in [4.69, 9.17) is 11.6 Å². The molecule has 3 N–H and O–H groups in total. The van der Waals surface area contributed by atoms with Crippen molar-refractivity contribution in [2.24, 2.45) is 11.8 Å². The minimum Gasteiger partial charge on any atom is -0.504 e. The Labute approximate surface area is 155 Å². The lowest BCUT2D eigenvalue weighted by Gasteiger charge is -2.22. The highest BCUT2D eigenvalue weighted by atomic mass is 35.5. The van der Waals surface area contributed by atoms with E-state index >= 15 is 0 Å².